The summed E-state index contributed by atoms with van der Waals surface area (Å²) >= 11 is 4.17. The van der Waals surface area contributed by atoms with E-state index in [9.17, 15) is 9.18 Å². The van der Waals surface area contributed by atoms with E-state index in [1.54, 1.807) is 37.3 Å². The Kier molecular flexibility index (Phi) is 4.45. The number of carbonyl (C=O) groups is 1. The fraction of sp³-hybridized carbons (Fsp3) is 0.188. The predicted molar refractivity (Wildman–Crippen MR) is 80.7 cm³/mol. The van der Waals surface area contributed by atoms with Crippen molar-refractivity contribution in [1.82, 2.24) is 5.32 Å². The van der Waals surface area contributed by atoms with Gasteiger partial charge in [-0.25, -0.2) is 4.39 Å². The highest BCUT2D eigenvalue weighted by molar-refractivity contribution is 7.80. The highest BCUT2D eigenvalue weighted by Gasteiger charge is 2.12. The first-order chi connectivity index (χ1) is 9.47. The van der Waals surface area contributed by atoms with Gasteiger partial charge in [0.2, 0.25) is 0 Å². The Bertz CT molecular complexity index is 625. The SMILES string of the molecule is Cc1ccc(C(C)NC(=O)c2ccc(S)cc2)cc1F. The van der Waals surface area contributed by atoms with Crippen molar-refractivity contribution >= 4 is 18.5 Å². The largest absolute Gasteiger partial charge is 0.346 e. The molecule has 2 nitrogen and oxygen atoms in total. The number of halogens is 1. The molecule has 2 rings (SSSR count). The number of benzene rings is 2. The van der Waals surface area contributed by atoms with Gasteiger partial charge in [-0.15, -0.1) is 12.6 Å². The van der Waals surface area contributed by atoms with Crippen molar-refractivity contribution in [2.24, 2.45) is 0 Å². The van der Waals surface area contributed by atoms with Gasteiger partial charge >= 0.3 is 0 Å². The number of hydrogen-bond acceptors (Lipinski definition) is 2. The van der Waals surface area contributed by atoms with Crippen LogP contribution in [0.1, 0.15) is 34.5 Å². The zero-order chi connectivity index (χ0) is 14.7. The molecule has 2 aromatic carbocycles. The van der Waals surface area contributed by atoms with Crippen molar-refractivity contribution in [2.45, 2.75) is 24.8 Å². The molecule has 104 valence electrons. The number of amides is 1. The first-order valence-corrected chi connectivity index (χ1v) is 6.78. The molecule has 0 aromatic heterocycles. The molecule has 0 radical (unpaired) electrons. The van der Waals surface area contributed by atoms with Crippen LogP contribution in [0, 0.1) is 12.7 Å². The molecule has 1 unspecified atom stereocenters. The third-order valence-electron chi connectivity index (χ3n) is 3.17. The second kappa shape index (κ2) is 6.09. The summed E-state index contributed by atoms with van der Waals surface area (Å²) in [5.41, 5.74) is 1.89. The Balaban J connectivity index is 2.10. The molecule has 0 fully saturated rings. The van der Waals surface area contributed by atoms with Crippen LogP contribution in [0.15, 0.2) is 47.4 Å². The number of hydrogen-bond donors (Lipinski definition) is 2. The molecule has 1 N–H and O–H groups in total. The molecule has 1 atom stereocenters. The molecule has 0 saturated heterocycles. The average molecular weight is 289 g/mol. The molecule has 0 saturated carbocycles. The van der Waals surface area contributed by atoms with Crippen LogP contribution in [0.3, 0.4) is 0 Å². The smallest absolute Gasteiger partial charge is 0.251 e. The van der Waals surface area contributed by atoms with Crippen molar-refractivity contribution < 1.29 is 9.18 Å². The third-order valence-corrected chi connectivity index (χ3v) is 3.47. The van der Waals surface area contributed by atoms with Gasteiger partial charge in [0.05, 0.1) is 6.04 Å². The van der Waals surface area contributed by atoms with E-state index in [-0.39, 0.29) is 17.8 Å². The first kappa shape index (κ1) is 14.6. The molecular formula is C16H16FNOS. The van der Waals surface area contributed by atoms with Gasteiger partial charge in [-0.3, -0.25) is 4.79 Å². The molecule has 0 aliphatic rings. The maximum absolute atomic E-state index is 13.5. The molecular weight excluding hydrogens is 273 g/mol. The number of thiol groups is 1. The lowest BCUT2D eigenvalue weighted by atomic mass is 10.1. The lowest BCUT2D eigenvalue weighted by Crippen LogP contribution is -2.26. The first-order valence-electron chi connectivity index (χ1n) is 6.33. The maximum Gasteiger partial charge on any atom is 0.251 e. The molecule has 0 bridgehead atoms. The highest BCUT2D eigenvalue weighted by Crippen LogP contribution is 2.17. The molecule has 0 heterocycles. The summed E-state index contributed by atoms with van der Waals surface area (Å²) in [6.07, 6.45) is 0. The zero-order valence-corrected chi connectivity index (χ0v) is 12.2. The van der Waals surface area contributed by atoms with Crippen LogP contribution in [-0.4, -0.2) is 5.91 Å². The number of carbonyl (C=O) groups excluding carboxylic acids is 1. The van der Waals surface area contributed by atoms with Crippen molar-refractivity contribution in [3.63, 3.8) is 0 Å². The topological polar surface area (TPSA) is 29.1 Å². The summed E-state index contributed by atoms with van der Waals surface area (Å²) in [6.45, 7) is 3.54. The van der Waals surface area contributed by atoms with Gasteiger partial charge in [0.1, 0.15) is 5.82 Å². The Labute approximate surface area is 123 Å². The van der Waals surface area contributed by atoms with Gasteiger partial charge in [-0.1, -0.05) is 12.1 Å². The van der Waals surface area contributed by atoms with Gasteiger partial charge in [0, 0.05) is 10.5 Å². The Morgan fingerprint density at radius 2 is 1.85 bits per heavy atom. The number of nitrogens with one attached hydrogen (secondary N) is 1. The summed E-state index contributed by atoms with van der Waals surface area (Å²) in [5, 5.41) is 2.85. The van der Waals surface area contributed by atoms with Gasteiger partial charge in [0.25, 0.3) is 5.91 Å². The number of aryl methyl sites for hydroxylation is 1. The van der Waals surface area contributed by atoms with Crippen LogP contribution in [0.2, 0.25) is 0 Å². The zero-order valence-electron chi connectivity index (χ0n) is 11.4. The minimum absolute atomic E-state index is 0.188. The molecule has 2 aromatic rings. The lowest BCUT2D eigenvalue weighted by molar-refractivity contribution is 0.0939. The lowest BCUT2D eigenvalue weighted by Gasteiger charge is -2.15. The quantitative estimate of drug-likeness (QED) is 0.824. The second-order valence-electron chi connectivity index (χ2n) is 4.75. The molecule has 1 amide bonds. The van der Waals surface area contributed by atoms with Crippen LogP contribution < -0.4 is 5.32 Å². The Morgan fingerprint density at radius 1 is 1.20 bits per heavy atom. The molecule has 0 aliphatic heterocycles. The Hall–Kier alpha value is -1.81. The van der Waals surface area contributed by atoms with Crippen molar-refractivity contribution in [3.8, 4) is 0 Å². The highest BCUT2D eigenvalue weighted by atomic mass is 32.1. The van der Waals surface area contributed by atoms with Crippen molar-refractivity contribution in [3.05, 3.63) is 65.0 Å². The van der Waals surface area contributed by atoms with E-state index >= 15 is 0 Å². The fourth-order valence-electron chi connectivity index (χ4n) is 1.85. The van der Waals surface area contributed by atoms with Crippen molar-refractivity contribution in [1.29, 1.82) is 0 Å². The fourth-order valence-corrected chi connectivity index (χ4v) is 2.00. The normalized spacial score (nSPS) is 12.0. The van der Waals surface area contributed by atoms with E-state index in [0.29, 0.717) is 11.1 Å². The van der Waals surface area contributed by atoms with Crippen LogP contribution in [0.4, 0.5) is 4.39 Å². The van der Waals surface area contributed by atoms with Gasteiger partial charge in [-0.05, 0) is 55.3 Å². The summed E-state index contributed by atoms with van der Waals surface area (Å²) in [7, 11) is 0. The van der Waals surface area contributed by atoms with E-state index in [2.05, 4.69) is 17.9 Å². The second-order valence-corrected chi connectivity index (χ2v) is 5.27. The average Bonchev–Trinajstić information content (AvgIpc) is 2.42. The Morgan fingerprint density at radius 3 is 2.45 bits per heavy atom. The number of rotatable bonds is 3. The standard InChI is InChI=1S/C16H16FNOS/c1-10-3-4-13(9-15(10)17)11(2)18-16(19)12-5-7-14(20)8-6-12/h3-9,11,20H,1-2H3,(H,18,19). The van der Waals surface area contributed by atoms with Crippen LogP contribution in [0.5, 0.6) is 0 Å². The summed E-state index contributed by atoms with van der Waals surface area (Å²) < 4.78 is 13.5. The summed E-state index contributed by atoms with van der Waals surface area (Å²) in [5.74, 6) is -0.449. The molecule has 0 aliphatic carbocycles. The van der Waals surface area contributed by atoms with Gasteiger partial charge in [-0.2, -0.15) is 0 Å². The monoisotopic (exact) mass is 289 g/mol. The minimum atomic E-state index is -0.261. The van der Waals surface area contributed by atoms with Gasteiger partial charge < -0.3 is 5.32 Å². The molecule has 4 heteroatoms. The molecule has 0 spiro atoms. The van der Waals surface area contributed by atoms with E-state index in [0.717, 1.165) is 10.5 Å². The molecule has 20 heavy (non-hydrogen) atoms. The van der Waals surface area contributed by atoms with E-state index in [1.165, 1.54) is 6.07 Å². The minimum Gasteiger partial charge on any atom is -0.346 e. The van der Waals surface area contributed by atoms with Crippen LogP contribution >= 0.6 is 12.6 Å². The predicted octanol–water partition coefficient (Wildman–Crippen LogP) is 3.91. The van der Waals surface area contributed by atoms with E-state index in [1.807, 2.05) is 13.0 Å². The summed E-state index contributed by atoms with van der Waals surface area (Å²) in [4.78, 5) is 12.9. The van der Waals surface area contributed by atoms with Crippen LogP contribution in [-0.2, 0) is 0 Å². The van der Waals surface area contributed by atoms with Crippen molar-refractivity contribution in [2.75, 3.05) is 0 Å². The van der Waals surface area contributed by atoms with Crippen LogP contribution in [0.25, 0.3) is 0 Å². The van der Waals surface area contributed by atoms with E-state index < -0.39 is 0 Å². The van der Waals surface area contributed by atoms with Gasteiger partial charge in [0.15, 0.2) is 0 Å². The third kappa shape index (κ3) is 3.39. The maximum atomic E-state index is 13.5. The van der Waals surface area contributed by atoms with E-state index in [4.69, 9.17) is 0 Å². The summed E-state index contributed by atoms with van der Waals surface area (Å²) in [6, 6.07) is 11.7.